The smallest absolute Gasteiger partial charge is 0.251 e. The van der Waals surface area contributed by atoms with Crippen molar-refractivity contribution in [3.63, 3.8) is 0 Å². The number of anilines is 1. The molecule has 1 saturated heterocycles. The van der Waals surface area contributed by atoms with E-state index in [1.165, 1.54) is 22.3 Å². The molecular formula is C30H33Cl2N3O. The highest BCUT2D eigenvalue weighted by Crippen LogP contribution is 2.48. The van der Waals surface area contributed by atoms with Crippen molar-refractivity contribution >= 4 is 34.8 Å². The molecule has 0 unspecified atom stereocenters. The summed E-state index contributed by atoms with van der Waals surface area (Å²) >= 11 is 12.6. The fourth-order valence-corrected chi connectivity index (χ4v) is 5.97. The van der Waals surface area contributed by atoms with E-state index in [4.69, 9.17) is 23.2 Å². The van der Waals surface area contributed by atoms with Gasteiger partial charge in [0.05, 0.1) is 15.7 Å². The van der Waals surface area contributed by atoms with E-state index < -0.39 is 0 Å². The molecule has 1 N–H and O–H groups in total. The van der Waals surface area contributed by atoms with Crippen LogP contribution in [0, 0.1) is 0 Å². The van der Waals surface area contributed by atoms with Crippen molar-refractivity contribution < 1.29 is 4.79 Å². The molecule has 1 heterocycles. The number of hydrogen-bond donors (Lipinski definition) is 1. The Morgan fingerprint density at radius 1 is 0.889 bits per heavy atom. The summed E-state index contributed by atoms with van der Waals surface area (Å²) in [6.45, 7) is 10.1. The summed E-state index contributed by atoms with van der Waals surface area (Å²) in [5.41, 5.74) is 6.75. The van der Waals surface area contributed by atoms with Crippen molar-refractivity contribution in [2.75, 3.05) is 44.2 Å². The molecule has 0 atom stereocenters. The number of amides is 1. The Hall–Kier alpha value is -2.53. The Bertz CT molecular complexity index is 1260. The number of carbonyl (C=O) groups is 1. The number of nitrogens with zero attached hydrogens (tertiary/aromatic N) is 2. The van der Waals surface area contributed by atoms with Crippen molar-refractivity contribution in [2.24, 2.45) is 0 Å². The number of carbonyl (C=O) groups excluding carboxylic acids is 1. The van der Waals surface area contributed by atoms with Crippen LogP contribution < -0.4 is 10.2 Å². The second kappa shape index (κ2) is 10.5. The molecule has 1 amide bonds. The van der Waals surface area contributed by atoms with Gasteiger partial charge in [0.25, 0.3) is 5.91 Å². The van der Waals surface area contributed by atoms with Crippen LogP contribution in [0.3, 0.4) is 0 Å². The van der Waals surface area contributed by atoms with Crippen LogP contribution in [0.1, 0.15) is 48.2 Å². The third-order valence-corrected chi connectivity index (χ3v) is 8.49. The molecule has 3 aromatic carbocycles. The molecule has 1 aliphatic carbocycles. The summed E-state index contributed by atoms with van der Waals surface area (Å²) in [6.07, 6.45) is 2.03. The molecule has 0 bridgehead atoms. The lowest BCUT2D eigenvalue weighted by Crippen LogP contribution is -2.46. The number of fused-ring (bicyclic) bond motifs is 3. The first kappa shape index (κ1) is 25.1. The van der Waals surface area contributed by atoms with E-state index in [1.807, 2.05) is 24.3 Å². The highest BCUT2D eigenvalue weighted by Gasteiger charge is 2.35. The molecule has 0 aromatic heterocycles. The van der Waals surface area contributed by atoms with Crippen LogP contribution in [0.15, 0.2) is 60.7 Å². The third kappa shape index (κ3) is 4.87. The second-order valence-corrected chi connectivity index (χ2v) is 11.1. The average molecular weight is 523 g/mol. The molecule has 3 aromatic rings. The van der Waals surface area contributed by atoms with Crippen LogP contribution in [0.2, 0.25) is 10.0 Å². The first-order chi connectivity index (χ1) is 17.4. The summed E-state index contributed by atoms with van der Waals surface area (Å²) in [5, 5.41) is 4.37. The van der Waals surface area contributed by atoms with Gasteiger partial charge in [0.2, 0.25) is 0 Å². The van der Waals surface area contributed by atoms with Crippen molar-refractivity contribution in [2.45, 2.75) is 32.1 Å². The zero-order valence-electron chi connectivity index (χ0n) is 21.0. The highest BCUT2D eigenvalue weighted by molar-refractivity contribution is 6.43. The average Bonchev–Trinajstić information content (AvgIpc) is 3.12. The summed E-state index contributed by atoms with van der Waals surface area (Å²) in [7, 11) is 0. The van der Waals surface area contributed by atoms with E-state index in [1.54, 1.807) is 0 Å². The van der Waals surface area contributed by atoms with Gasteiger partial charge >= 0.3 is 0 Å². The summed E-state index contributed by atoms with van der Waals surface area (Å²) in [5.74, 6) is 0.0107. The highest BCUT2D eigenvalue weighted by atomic mass is 35.5. The van der Waals surface area contributed by atoms with E-state index in [0.717, 1.165) is 56.8 Å². The van der Waals surface area contributed by atoms with Gasteiger partial charge in [0.15, 0.2) is 0 Å². The normalized spacial score (nSPS) is 16.5. The first-order valence-corrected chi connectivity index (χ1v) is 13.6. The molecule has 2 aliphatic rings. The minimum atomic E-state index is -0.0929. The van der Waals surface area contributed by atoms with Crippen LogP contribution in [0.25, 0.3) is 11.1 Å². The van der Waals surface area contributed by atoms with Crippen LogP contribution in [-0.4, -0.2) is 50.1 Å². The van der Waals surface area contributed by atoms with Gasteiger partial charge in [-0.3, -0.25) is 9.69 Å². The second-order valence-electron chi connectivity index (χ2n) is 10.3. The van der Waals surface area contributed by atoms with Gasteiger partial charge in [-0.15, -0.1) is 0 Å². The number of nitrogens with one attached hydrogen (secondary N) is 1. The number of halogens is 2. The first-order valence-electron chi connectivity index (χ1n) is 12.8. The fraction of sp³-hybridized carbons (Fsp3) is 0.367. The molecule has 1 aliphatic heterocycles. The van der Waals surface area contributed by atoms with Gasteiger partial charge in [-0.2, -0.15) is 0 Å². The van der Waals surface area contributed by atoms with Crippen LogP contribution in [0.4, 0.5) is 5.69 Å². The van der Waals surface area contributed by atoms with Gasteiger partial charge < -0.3 is 10.2 Å². The quantitative estimate of drug-likeness (QED) is 0.354. The van der Waals surface area contributed by atoms with Gasteiger partial charge in [0.1, 0.15) is 0 Å². The minimum absolute atomic E-state index is 0.0107. The SMILES string of the molecule is CC1(C)c2ccccc2-c2ccc(C(=O)NCCCCN3CCN(c4cccc(Cl)c4Cl)CC3)cc21. The van der Waals surface area contributed by atoms with E-state index in [2.05, 4.69) is 65.4 Å². The molecule has 5 rings (SSSR count). The predicted octanol–water partition coefficient (Wildman–Crippen LogP) is 6.63. The minimum Gasteiger partial charge on any atom is -0.368 e. The van der Waals surface area contributed by atoms with Gasteiger partial charge in [-0.25, -0.2) is 0 Å². The molecule has 1 fully saturated rings. The molecular weight excluding hydrogens is 489 g/mol. The van der Waals surface area contributed by atoms with Crippen molar-refractivity contribution in [1.29, 1.82) is 0 Å². The lowest BCUT2D eigenvalue weighted by Gasteiger charge is -2.36. The number of unbranched alkanes of at least 4 members (excludes halogenated alkanes) is 1. The van der Waals surface area contributed by atoms with E-state index in [9.17, 15) is 4.79 Å². The maximum Gasteiger partial charge on any atom is 0.251 e. The Morgan fingerprint density at radius 2 is 1.64 bits per heavy atom. The number of hydrogen-bond acceptors (Lipinski definition) is 3. The zero-order valence-corrected chi connectivity index (χ0v) is 22.5. The number of rotatable bonds is 7. The number of piperazine rings is 1. The standard InChI is InChI=1S/C30H33Cl2N3O/c1-30(2)24-9-4-3-8-22(24)23-13-12-21(20-25(23)30)29(36)33-14-5-6-15-34-16-18-35(19-17-34)27-11-7-10-26(31)28(27)32/h3-4,7-13,20H,5-6,14-19H2,1-2H3,(H,33,36). The van der Waals surface area contributed by atoms with Crippen LogP contribution in [0.5, 0.6) is 0 Å². The summed E-state index contributed by atoms with van der Waals surface area (Å²) < 4.78 is 0. The van der Waals surface area contributed by atoms with Crippen LogP contribution in [-0.2, 0) is 5.41 Å². The van der Waals surface area contributed by atoms with Gasteiger partial charge in [-0.1, -0.05) is 73.4 Å². The maximum atomic E-state index is 12.9. The molecule has 0 radical (unpaired) electrons. The Balaban J connectivity index is 1.07. The number of benzene rings is 3. The molecule has 188 valence electrons. The van der Waals surface area contributed by atoms with Gasteiger partial charge in [0, 0.05) is 43.7 Å². The van der Waals surface area contributed by atoms with E-state index >= 15 is 0 Å². The van der Waals surface area contributed by atoms with Crippen molar-refractivity contribution in [3.8, 4) is 11.1 Å². The van der Waals surface area contributed by atoms with Crippen molar-refractivity contribution in [1.82, 2.24) is 10.2 Å². The fourth-order valence-electron chi connectivity index (χ4n) is 5.56. The maximum absolute atomic E-state index is 12.9. The monoisotopic (exact) mass is 521 g/mol. The van der Waals surface area contributed by atoms with Crippen molar-refractivity contribution in [3.05, 3.63) is 87.4 Å². The summed E-state index contributed by atoms with van der Waals surface area (Å²) in [6, 6.07) is 20.5. The predicted molar refractivity (Wildman–Crippen MR) is 151 cm³/mol. The Kier molecular flexibility index (Phi) is 7.30. The molecule has 0 saturated carbocycles. The lowest BCUT2D eigenvalue weighted by atomic mass is 9.82. The van der Waals surface area contributed by atoms with E-state index in [0.29, 0.717) is 16.6 Å². The lowest BCUT2D eigenvalue weighted by molar-refractivity contribution is 0.0952. The molecule has 36 heavy (non-hydrogen) atoms. The molecule has 0 spiro atoms. The molecule has 4 nitrogen and oxygen atoms in total. The Labute approximate surface area is 224 Å². The topological polar surface area (TPSA) is 35.6 Å². The van der Waals surface area contributed by atoms with Crippen LogP contribution >= 0.6 is 23.2 Å². The third-order valence-electron chi connectivity index (χ3n) is 7.68. The summed E-state index contributed by atoms with van der Waals surface area (Å²) in [4.78, 5) is 17.7. The largest absolute Gasteiger partial charge is 0.368 e. The van der Waals surface area contributed by atoms with E-state index in [-0.39, 0.29) is 11.3 Å². The van der Waals surface area contributed by atoms with Gasteiger partial charge in [-0.05, 0) is 65.9 Å². The molecule has 6 heteroatoms. The zero-order chi connectivity index (χ0) is 25.3. The Morgan fingerprint density at radius 3 is 2.44 bits per heavy atom.